The number of hydrogen-bond acceptors (Lipinski definition) is 2. The van der Waals surface area contributed by atoms with E-state index in [1.165, 1.54) is 24.8 Å². The summed E-state index contributed by atoms with van der Waals surface area (Å²) in [4.78, 5) is 0. The molecule has 1 aromatic rings. The van der Waals surface area contributed by atoms with Gasteiger partial charge in [0.05, 0.1) is 0 Å². The second kappa shape index (κ2) is 7.88. The van der Waals surface area contributed by atoms with Gasteiger partial charge in [0.2, 0.25) is 0 Å². The van der Waals surface area contributed by atoms with Crippen LogP contribution in [0.2, 0.25) is 5.02 Å². The molecule has 1 aliphatic rings. The first-order valence-corrected chi connectivity index (χ1v) is 7.74. The third-order valence-corrected chi connectivity index (χ3v) is 4.07. The van der Waals surface area contributed by atoms with Gasteiger partial charge in [0.1, 0.15) is 0 Å². The molecule has 0 spiro atoms. The van der Waals surface area contributed by atoms with Gasteiger partial charge in [-0.05, 0) is 55.8 Å². The van der Waals surface area contributed by atoms with Crippen molar-refractivity contribution in [2.24, 2.45) is 5.92 Å². The van der Waals surface area contributed by atoms with Gasteiger partial charge in [-0.2, -0.15) is 0 Å². The van der Waals surface area contributed by atoms with Crippen LogP contribution in [-0.4, -0.2) is 19.8 Å². The Morgan fingerprint density at radius 3 is 2.58 bits per heavy atom. The van der Waals surface area contributed by atoms with Gasteiger partial charge < -0.3 is 10.1 Å². The molecule has 0 saturated carbocycles. The summed E-state index contributed by atoms with van der Waals surface area (Å²) in [5.74, 6) is 0.777. The molecule has 0 bridgehead atoms. The van der Waals surface area contributed by atoms with Crippen LogP contribution in [0.3, 0.4) is 0 Å². The quantitative estimate of drug-likeness (QED) is 0.844. The summed E-state index contributed by atoms with van der Waals surface area (Å²) in [5.41, 5.74) is 1.35. The van der Waals surface area contributed by atoms with Crippen LogP contribution in [0.1, 0.15) is 44.2 Å². The van der Waals surface area contributed by atoms with Crippen LogP contribution in [0.5, 0.6) is 0 Å². The fourth-order valence-corrected chi connectivity index (χ4v) is 2.79. The number of benzene rings is 1. The Balaban J connectivity index is 1.99. The first kappa shape index (κ1) is 14.8. The fourth-order valence-electron chi connectivity index (χ4n) is 2.67. The summed E-state index contributed by atoms with van der Waals surface area (Å²) in [6, 6.07) is 8.72. The Morgan fingerprint density at radius 1 is 1.26 bits per heavy atom. The minimum atomic E-state index is 0.445. The van der Waals surface area contributed by atoms with Crippen molar-refractivity contribution in [3.05, 3.63) is 34.9 Å². The largest absolute Gasteiger partial charge is 0.381 e. The lowest BCUT2D eigenvalue weighted by Gasteiger charge is -2.27. The maximum atomic E-state index is 5.98. The second-order valence-corrected chi connectivity index (χ2v) is 5.79. The summed E-state index contributed by atoms with van der Waals surface area (Å²) < 4.78 is 5.45. The lowest BCUT2D eigenvalue weighted by Crippen LogP contribution is -2.27. The molecule has 0 amide bonds. The van der Waals surface area contributed by atoms with Crippen molar-refractivity contribution in [2.75, 3.05) is 19.8 Å². The van der Waals surface area contributed by atoms with Gasteiger partial charge >= 0.3 is 0 Å². The van der Waals surface area contributed by atoms with E-state index >= 15 is 0 Å². The van der Waals surface area contributed by atoms with Crippen molar-refractivity contribution in [3.8, 4) is 0 Å². The molecule has 2 nitrogen and oxygen atoms in total. The van der Waals surface area contributed by atoms with Gasteiger partial charge in [-0.15, -0.1) is 0 Å². The van der Waals surface area contributed by atoms with Crippen LogP contribution in [0.4, 0.5) is 0 Å². The Morgan fingerprint density at radius 2 is 1.95 bits per heavy atom. The van der Waals surface area contributed by atoms with Gasteiger partial charge in [-0.3, -0.25) is 0 Å². The molecule has 3 heteroatoms. The van der Waals surface area contributed by atoms with E-state index in [0.717, 1.165) is 37.1 Å². The minimum absolute atomic E-state index is 0.445. The zero-order valence-corrected chi connectivity index (χ0v) is 12.5. The summed E-state index contributed by atoms with van der Waals surface area (Å²) in [6.45, 7) is 5.12. The van der Waals surface area contributed by atoms with Crippen LogP contribution in [0, 0.1) is 5.92 Å². The molecule has 0 radical (unpaired) electrons. The highest BCUT2D eigenvalue weighted by Crippen LogP contribution is 2.28. The van der Waals surface area contributed by atoms with E-state index in [1.54, 1.807) is 0 Å². The number of nitrogens with one attached hydrogen (secondary N) is 1. The predicted molar refractivity (Wildman–Crippen MR) is 80.6 cm³/mol. The van der Waals surface area contributed by atoms with Crippen molar-refractivity contribution in [2.45, 2.75) is 38.6 Å². The minimum Gasteiger partial charge on any atom is -0.381 e. The van der Waals surface area contributed by atoms with Crippen molar-refractivity contribution in [1.29, 1.82) is 0 Å². The zero-order chi connectivity index (χ0) is 13.5. The van der Waals surface area contributed by atoms with Gasteiger partial charge in [-0.1, -0.05) is 30.7 Å². The standard InChI is InChI=1S/C16H24ClNO/c1-2-9-18-16(12-13-7-10-19-11-8-13)14-3-5-15(17)6-4-14/h3-6,13,16,18H,2,7-12H2,1H3. The van der Waals surface area contributed by atoms with E-state index in [2.05, 4.69) is 24.4 Å². The average molecular weight is 282 g/mol. The second-order valence-electron chi connectivity index (χ2n) is 5.35. The number of halogens is 1. The molecule has 19 heavy (non-hydrogen) atoms. The van der Waals surface area contributed by atoms with E-state index in [4.69, 9.17) is 16.3 Å². The Kier molecular flexibility index (Phi) is 6.15. The summed E-state index contributed by atoms with van der Waals surface area (Å²) in [7, 11) is 0. The van der Waals surface area contributed by atoms with Crippen LogP contribution in [0.15, 0.2) is 24.3 Å². The van der Waals surface area contributed by atoms with Crippen LogP contribution in [-0.2, 0) is 4.74 Å². The molecule has 1 heterocycles. The maximum absolute atomic E-state index is 5.98. The number of ether oxygens (including phenoxy) is 1. The topological polar surface area (TPSA) is 21.3 Å². The lowest BCUT2D eigenvalue weighted by atomic mass is 9.89. The molecule has 2 rings (SSSR count). The van der Waals surface area contributed by atoms with Crippen molar-refractivity contribution in [1.82, 2.24) is 5.32 Å². The monoisotopic (exact) mass is 281 g/mol. The molecule has 1 aliphatic heterocycles. The highest BCUT2D eigenvalue weighted by molar-refractivity contribution is 6.30. The summed E-state index contributed by atoms with van der Waals surface area (Å²) in [6.07, 6.45) is 4.75. The predicted octanol–water partition coefficient (Wildman–Crippen LogP) is 4.20. The first-order valence-electron chi connectivity index (χ1n) is 7.36. The number of hydrogen-bond donors (Lipinski definition) is 1. The molecule has 1 saturated heterocycles. The highest BCUT2D eigenvalue weighted by Gasteiger charge is 2.20. The summed E-state index contributed by atoms with van der Waals surface area (Å²) in [5, 5.41) is 4.48. The molecule has 106 valence electrons. The highest BCUT2D eigenvalue weighted by atomic mass is 35.5. The Hall–Kier alpha value is -0.570. The number of rotatable bonds is 6. The van der Waals surface area contributed by atoms with Gasteiger partial charge in [0.15, 0.2) is 0 Å². The molecule has 1 fully saturated rings. The normalized spacial score (nSPS) is 18.4. The Labute approximate surface area is 121 Å². The molecule has 1 atom stereocenters. The SMILES string of the molecule is CCCNC(CC1CCOCC1)c1ccc(Cl)cc1. The third-order valence-electron chi connectivity index (χ3n) is 3.82. The van der Waals surface area contributed by atoms with Gasteiger partial charge in [-0.25, -0.2) is 0 Å². The molecular formula is C16H24ClNO. The molecular weight excluding hydrogens is 258 g/mol. The van der Waals surface area contributed by atoms with E-state index in [0.29, 0.717) is 6.04 Å². The Bertz CT molecular complexity index is 360. The van der Waals surface area contributed by atoms with E-state index < -0.39 is 0 Å². The molecule has 1 N–H and O–H groups in total. The van der Waals surface area contributed by atoms with Gasteiger partial charge in [0, 0.05) is 24.3 Å². The van der Waals surface area contributed by atoms with E-state index in [1.807, 2.05) is 12.1 Å². The van der Waals surface area contributed by atoms with Crippen LogP contribution < -0.4 is 5.32 Å². The van der Waals surface area contributed by atoms with Crippen molar-refractivity contribution < 1.29 is 4.74 Å². The van der Waals surface area contributed by atoms with Crippen LogP contribution >= 0.6 is 11.6 Å². The molecule has 0 aromatic heterocycles. The third kappa shape index (κ3) is 4.79. The lowest BCUT2D eigenvalue weighted by molar-refractivity contribution is 0.0605. The van der Waals surface area contributed by atoms with Crippen molar-refractivity contribution >= 4 is 11.6 Å². The van der Waals surface area contributed by atoms with Crippen molar-refractivity contribution in [3.63, 3.8) is 0 Å². The van der Waals surface area contributed by atoms with Gasteiger partial charge in [0.25, 0.3) is 0 Å². The molecule has 1 unspecified atom stereocenters. The summed E-state index contributed by atoms with van der Waals surface area (Å²) >= 11 is 5.98. The molecule has 0 aliphatic carbocycles. The zero-order valence-electron chi connectivity index (χ0n) is 11.7. The first-order chi connectivity index (χ1) is 9.29. The molecule has 1 aromatic carbocycles. The van der Waals surface area contributed by atoms with E-state index in [9.17, 15) is 0 Å². The smallest absolute Gasteiger partial charge is 0.0468 e. The fraction of sp³-hybridized carbons (Fsp3) is 0.625. The van der Waals surface area contributed by atoms with Crippen LogP contribution in [0.25, 0.3) is 0 Å². The average Bonchev–Trinajstić information content (AvgIpc) is 2.45. The maximum Gasteiger partial charge on any atom is 0.0468 e. The van der Waals surface area contributed by atoms with E-state index in [-0.39, 0.29) is 0 Å².